The Balaban J connectivity index is 1.74. The monoisotopic (exact) mass is 420 g/mol. The zero-order chi connectivity index (χ0) is 21.3. The highest BCUT2D eigenvalue weighted by Crippen LogP contribution is 2.28. The number of nitrogens with one attached hydrogen (secondary N) is 1. The fourth-order valence-electron chi connectivity index (χ4n) is 3.50. The van der Waals surface area contributed by atoms with E-state index < -0.39 is 0 Å². The van der Waals surface area contributed by atoms with Gasteiger partial charge in [0, 0.05) is 17.8 Å². The van der Waals surface area contributed by atoms with Gasteiger partial charge in [-0.1, -0.05) is 41.9 Å². The Morgan fingerprint density at radius 2 is 1.87 bits per heavy atom. The molecule has 0 fully saturated rings. The lowest BCUT2D eigenvalue weighted by atomic mass is 10.1. The largest absolute Gasteiger partial charge is 0.496 e. The van der Waals surface area contributed by atoms with Gasteiger partial charge in [-0.3, -0.25) is 4.79 Å². The summed E-state index contributed by atoms with van der Waals surface area (Å²) in [7, 11) is 1.61. The van der Waals surface area contributed by atoms with Crippen molar-refractivity contribution in [3.8, 4) is 11.4 Å². The maximum absolute atomic E-state index is 13.1. The number of amides is 1. The molecular weight excluding hydrogens is 400 g/mol. The number of pyridine rings is 1. The summed E-state index contributed by atoms with van der Waals surface area (Å²) in [6, 6.07) is 16.8. The predicted molar refractivity (Wildman–Crippen MR) is 118 cm³/mol. The van der Waals surface area contributed by atoms with E-state index in [1.54, 1.807) is 23.9 Å². The number of carbonyl (C=O) groups is 1. The molecule has 0 unspecified atom stereocenters. The molecule has 0 spiro atoms. The molecule has 0 saturated carbocycles. The van der Waals surface area contributed by atoms with Gasteiger partial charge in [-0.2, -0.15) is 5.10 Å². The number of halogens is 1. The molecule has 152 valence electrons. The average Bonchev–Trinajstić information content (AvgIpc) is 3.07. The van der Waals surface area contributed by atoms with Crippen molar-refractivity contribution in [3.63, 3.8) is 0 Å². The van der Waals surface area contributed by atoms with Crippen molar-refractivity contribution in [1.82, 2.24) is 20.1 Å². The first-order valence-corrected chi connectivity index (χ1v) is 9.89. The lowest BCUT2D eigenvalue weighted by Gasteiger charge is -2.11. The maximum Gasteiger partial charge on any atom is 0.252 e. The molecule has 0 radical (unpaired) electrons. The minimum atomic E-state index is -0.196. The number of ether oxygens (including phenoxy) is 1. The van der Waals surface area contributed by atoms with Crippen LogP contribution in [-0.2, 0) is 6.54 Å². The third-order valence-electron chi connectivity index (χ3n) is 4.90. The summed E-state index contributed by atoms with van der Waals surface area (Å²) in [6.07, 6.45) is 0. The second kappa shape index (κ2) is 8.16. The highest BCUT2D eigenvalue weighted by molar-refractivity contribution is 6.32. The van der Waals surface area contributed by atoms with Gasteiger partial charge in [-0.05, 0) is 38.1 Å². The van der Waals surface area contributed by atoms with E-state index in [1.165, 1.54) is 0 Å². The fraction of sp³-hybridized carbons (Fsp3) is 0.174. The molecule has 2 aromatic carbocycles. The van der Waals surface area contributed by atoms with Crippen LogP contribution in [0.1, 0.15) is 27.3 Å². The molecule has 7 heteroatoms. The van der Waals surface area contributed by atoms with Crippen LogP contribution >= 0.6 is 11.6 Å². The molecule has 0 aliphatic rings. The summed E-state index contributed by atoms with van der Waals surface area (Å²) in [6.45, 7) is 4.07. The summed E-state index contributed by atoms with van der Waals surface area (Å²) in [5.74, 6) is 0.537. The van der Waals surface area contributed by atoms with Crippen LogP contribution in [0.25, 0.3) is 16.7 Å². The van der Waals surface area contributed by atoms with Gasteiger partial charge in [0.05, 0.1) is 34.5 Å². The SMILES string of the molecule is COc1ccccc1CNC(=O)c1cc(C)nc2c1c(C)nn2-c1ccccc1Cl. The van der Waals surface area contributed by atoms with Gasteiger partial charge < -0.3 is 10.1 Å². The number of hydrogen-bond donors (Lipinski definition) is 1. The first kappa shape index (κ1) is 19.9. The molecule has 4 aromatic rings. The van der Waals surface area contributed by atoms with Crippen LogP contribution in [0.5, 0.6) is 5.75 Å². The summed E-state index contributed by atoms with van der Waals surface area (Å²) in [5.41, 5.74) is 4.18. The van der Waals surface area contributed by atoms with Gasteiger partial charge in [0.2, 0.25) is 0 Å². The molecule has 0 aliphatic carbocycles. The summed E-state index contributed by atoms with van der Waals surface area (Å²) in [4.78, 5) is 17.8. The van der Waals surface area contributed by atoms with Gasteiger partial charge in [0.15, 0.2) is 5.65 Å². The Labute approximate surface area is 179 Å². The molecule has 1 amide bonds. The molecule has 30 heavy (non-hydrogen) atoms. The minimum absolute atomic E-state index is 0.196. The van der Waals surface area contributed by atoms with Crippen LogP contribution in [-0.4, -0.2) is 27.8 Å². The Bertz CT molecular complexity index is 1250. The Kier molecular flexibility index (Phi) is 5.42. The Morgan fingerprint density at radius 3 is 2.63 bits per heavy atom. The summed E-state index contributed by atoms with van der Waals surface area (Å²) in [5, 5.41) is 8.88. The van der Waals surface area contributed by atoms with E-state index in [-0.39, 0.29) is 5.91 Å². The van der Waals surface area contributed by atoms with E-state index in [1.807, 2.05) is 56.3 Å². The van der Waals surface area contributed by atoms with Crippen LogP contribution in [0.3, 0.4) is 0 Å². The Hall–Kier alpha value is -3.38. The highest BCUT2D eigenvalue weighted by atomic mass is 35.5. The van der Waals surface area contributed by atoms with Crippen LogP contribution in [0.2, 0.25) is 5.02 Å². The van der Waals surface area contributed by atoms with Crippen LogP contribution in [0.15, 0.2) is 54.6 Å². The van der Waals surface area contributed by atoms with Gasteiger partial charge in [0.1, 0.15) is 5.75 Å². The summed E-state index contributed by atoms with van der Waals surface area (Å²) >= 11 is 6.38. The van der Waals surface area contributed by atoms with Crippen LogP contribution in [0, 0.1) is 13.8 Å². The fourth-order valence-corrected chi connectivity index (χ4v) is 3.72. The lowest BCUT2D eigenvalue weighted by molar-refractivity contribution is 0.0952. The standard InChI is InChI=1S/C23H21ClN4O2/c1-14-12-17(23(29)25-13-16-8-4-7-11-20(16)30-3)21-15(2)27-28(22(21)26-14)19-10-6-5-9-18(19)24/h4-12H,13H2,1-3H3,(H,25,29). The maximum atomic E-state index is 13.1. The van der Waals surface area contributed by atoms with E-state index in [9.17, 15) is 4.79 Å². The molecule has 6 nitrogen and oxygen atoms in total. The number of para-hydroxylation sites is 2. The molecule has 2 heterocycles. The molecule has 4 rings (SSSR count). The second-order valence-corrected chi connectivity index (χ2v) is 7.36. The number of benzene rings is 2. The van der Waals surface area contributed by atoms with Crippen molar-refractivity contribution in [2.75, 3.05) is 7.11 Å². The predicted octanol–water partition coefficient (Wildman–Crippen LogP) is 4.63. The van der Waals surface area contributed by atoms with E-state index in [0.29, 0.717) is 33.9 Å². The van der Waals surface area contributed by atoms with Crippen molar-refractivity contribution in [1.29, 1.82) is 0 Å². The smallest absolute Gasteiger partial charge is 0.252 e. The molecule has 0 atom stereocenters. The van der Waals surface area contributed by atoms with Gasteiger partial charge in [0.25, 0.3) is 5.91 Å². The van der Waals surface area contributed by atoms with Crippen molar-refractivity contribution in [3.05, 3.63) is 82.1 Å². The molecule has 1 N–H and O–H groups in total. The van der Waals surface area contributed by atoms with Crippen LogP contribution in [0.4, 0.5) is 0 Å². The van der Waals surface area contributed by atoms with Crippen LogP contribution < -0.4 is 10.1 Å². The minimum Gasteiger partial charge on any atom is -0.496 e. The normalized spacial score (nSPS) is 10.9. The van der Waals surface area contributed by atoms with Crippen molar-refractivity contribution < 1.29 is 9.53 Å². The number of methoxy groups -OCH3 is 1. The van der Waals surface area contributed by atoms with E-state index in [4.69, 9.17) is 16.3 Å². The molecule has 2 aromatic heterocycles. The second-order valence-electron chi connectivity index (χ2n) is 6.95. The van der Waals surface area contributed by atoms with Gasteiger partial charge >= 0.3 is 0 Å². The van der Waals surface area contributed by atoms with Gasteiger partial charge in [-0.25, -0.2) is 9.67 Å². The zero-order valence-corrected chi connectivity index (χ0v) is 17.7. The van der Waals surface area contributed by atoms with E-state index in [2.05, 4.69) is 15.4 Å². The number of hydrogen-bond acceptors (Lipinski definition) is 4. The van der Waals surface area contributed by atoms with Crippen molar-refractivity contribution >= 4 is 28.5 Å². The third-order valence-corrected chi connectivity index (χ3v) is 5.22. The molecule has 0 saturated heterocycles. The lowest BCUT2D eigenvalue weighted by Crippen LogP contribution is -2.23. The van der Waals surface area contributed by atoms with Crippen molar-refractivity contribution in [2.24, 2.45) is 0 Å². The van der Waals surface area contributed by atoms with E-state index in [0.717, 1.165) is 22.7 Å². The number of rotatable bonds is 5. The number of nitrogens with zero attached hydrogens (tertiary/aromatic N) is 3. The molecule has 0 bridgehead atoms. The summed E-state index contributed by atoms with van der Waals surface area (Å²) < 4.78 is 7.06. The highest BCUT2D eigenvalue weighted by Gasteiger charge is 2.20. The molecular formula is C23H21ClN4O2. The zero-order valence-electron chi connectivity index (χ0n) is 16.9. The first-order chi connectivity index (χ1) is 14.5. The van der Waals surface area contributed by atoms with E-state index >= 15 is 0 Å². The number of fused-ring (bicyclic) bond motifs is 1. The number of aromatic nitrogens is 3. The van der Waals surface area contributed by atoms with Gasteiger partial charge in [-0.15, -0.1) is 0 Å². The topological polar surface area (TPSA) is 69.0 Å². The Morgan fingerprint density at radius 1 is 1.13 bits per heavy atom. The number of aryl methyl sites for hydroxylation is 2. The third kappa shape index (κ3) is 3.62. The molecule has 0 aliphatic heterocycles. The average molecular weight is 421 g/mol. The first-order valence-electron chi connectivity index (χ1n) is 9.51. The number of carbonyl (C=O) groups excluding carboxylic acids is 1. The quantitative estimate of drug-likeness (QED) is 0.511. The van der Waals surface area contributed by atoms with Crippen molar-refractivity contribution in [2.45, 2.75) is 20.4 Å².